The third-order valence-corrected chi connectivity index (χ3v) is 5.88. The van der Waals surface area contributed by atoms with Crippen LogP contribution in [0.25, 0.3) is 0 Å². The van der Waals surface area contributed by atoms with E-state index in [0.717, 1.165) is 39.1 Å². The van der Waals surface area contributed by atoms with E-state index >= 15 is 0 Å². The number of benzene rings is 2. The number of anilines is 1. The summed E-state index contributed by atoms with van der Waals surface area (Å²) in [7, 11) is 2.16. The Kier molecular flexibility index (Phi) is 8.10. The Labute approximate surface area is 187 Å². The number of carbonyl (C=O) groups is 2. The fraction of sp³-hybridized carbons (Fsp3) is 0.364. The van der Waals surface area contributed by atoms with Crippen LogP contribution in [0.5, 0.6) is 0 Å². The minimum atomic E-state index is -0.386. The summed E-state index contributed by atoms with van der Waals surface area (Å²) in [5.74, 6) is -0.684. The molecule has 0 unspecified atom stereocenters. The van der Waals surface area contributed by atoms with Crippen molar-refractivity contribution in [2.45, 2.75) is 6.42 Å². The Morgan fingerprint density at radius 3 is 2.33 bits per heavy atom. The first-order chi connectivity index (χ1) is 14.4. The molecule has 0 spiro atoms. The van der Waals surface area contributed by atoms with Gasteiger partial charge in [-0.2, -0.15) is 0 Å². The standard InChI is InChI=1S/C22H26Cl2N4O2/c1-27-10-12-28(13-11-27)9-8-16-2-5-18(6-3-16)26-21(29)15-25-22(30)17-4-7-19(23)20(24)14-17/h2-7,14H,8-13,15H2,1H3,(H,25,30)(H,26,29). The molecule has 30 heavy (non-hydrogen) atoms. The van der Waals surface area contributed by atoms with Gasteiger partial charge in [-0.3, -0.25) is 9.59 Å². The van der Waals surface area contributed by atoms with E-state index in [0.29, 0.717) is 21.3 Å². The lowest BCUT2D eigenvalue weighted by molar-refractivity contribution is -0.115. The van der Waals surface area contributed by atoms with Gasteiger partial charge in [-0.15, -0.1) is 0 Å². The molecule has 6 nitrogen and oxygen atoms in total. The highest BCUT2D eigenvalue weighted by Gasteiger charge is 2.13. The molecule has 1 aliphatic rings. The van der Waals surface area contributed by atoms with Crippen molar-refractivity contribution < 1.29 is 9.59 Å². The molecule has 0 bridgehead atoms. The normalized spacial score (nSPS) is 15.0. The number of hydrogen-bond acceptors (Lipinski definition) is 4. The zero-order valence-electron chi connectivity index (χ0n) is 17.0. The summed E-state index contributed by atoms with van der Waals surface area (Å²) < 4.78 is 0. The Bertz CT molecular complexity index is 881. The van der Waals surface area contributed by atoms with Gasteiger partial charge >= 0.3 is 0 Å². The third kappa shape index (κ3) is 6.71. The van der Waals surface area contributed by atoms with Crippen LogP contribution in [0.2, 0.25) is 10.0 Å². The van der Waals surface area contributed by atoms with Crippen LogP contribution in [0.4, 0.5) is 5.69 Å². The summed E-state index contributed by atoms with van der Waals surface area (Å²) >= 11 is 11.8. The van der Waals surface area contributed by atoms with Crippen molar-refractivity contribution in [3.05, 3.63) is 63.6 Å². The van der Waals surface area contributed by atoms with E-state index in [9.17, 15) is 9.59 Å². The zero-order valence-corrected chi connectivity index (χ0v) is 18.5. The van der Waals surface area contributed by atoms with Crippen LogP contribution in [0.1, 0.15) is 15.9 Å². The van der Waals surface area contributed by atoms with Crippen LogP contribution < -0.4 is 10.6 Å². The van der Waals surface area contributed by atoms with E-state index in [1.807, 2.05) is 24.3 Å². The molecule has 1 saturated heterocycles. The Hall–Kier alpha value is -2.12. The minimum Gasteiger partial charge on any atom is -0.343 e. The number of carbonyl (C=O) groups excluding carboxylic acids is 2. The molecular formula is C22H26Cl2N4O2. The van der Waals surface area contributed by atoms with Crippen molar-refractivity contribution in [3.8, 4) is 0 Å². The van der Waals surface area contributed by atoms with Crippen molar-refractivity contribution in [1.29, 1.82) is 0 Å². The zero-order chi connectivity index (χ0) is 21.5. The van der Waals surface area contributed by atoms with Crippen LogP contribution in [0.3, 0.4) is 0 Å². The maximum Gasteiger partial charge on any atom is 0.251 e. The van der Waals surface area contributed by atoms with E-state index in [1.54, 1.807) is 12.1 Å². The number of amides is 2. The lowest BCUT2D eigenvalue weighted by Gasteiger charge is -2.32. The Balaban J connectivity index is 1.41. The van der Waals surface area contributed by atoms with Crippen molar-refractivity contribution >= 4 is 40.7 Å². The predicted molar refractivity (Wildman–Crippen MR) is 122 cm³/mol. The molecule has 0 aliphatic carbocycles. The maximum atomic E-state index is 12.1. The fourth-order valence-electron chi connectivity index (χ4n) is 3.22. The minimum absolute atomic E-state index is 0.135. The van der Waals surface area contributed by atoms with E-state index in [2.05, 4.69) is 27.5 Å². The van der Waals surface area contributed by atoms with Crippen molar-refractivity contribution in [2.75, 3.05) is 51.6 Å². The van der Waals surface area contributed by atoms with Gasteiger partial charge in [-0.05, 0) is 49.4 Å². The van der Waals surface area contributed by atoms with Gasteiger partial charge in [-0.25, -0.2) is 0 Å². The highest BCUT2D eigenvalue weighted by atomic mass is 35.5. The average Bonchev–Trinajstić information content (AvgIpc) is 2.74. The highest BCUT2D eigenvalue weighted by Crippen LogP contribution is 2.22. The molecule has 0 radical (unpaired) electrons. The van der Waals surface area contributed by atoms with Crippen LogP contribution in [-0.4, -0.2) is 67.9 Å². The average molecular weight is 449 g/mol. The first kappa shape index (κ1) is 22.6. The van der Waals surface area contributed by atoms with E-state index in [4.69, 9.17) is 23.2 Å². The second-order valence-corrected chi connectivity index (χ2v) is 8.27. The first-order valence-corrected chi connectivity index (χ1v) is 10.7. The third-order valence-electron chi connectivity index (χ3n) is 5.14. The summed E-state index contributed by atoms with van der Waals surface area (Å²) in [5, 5.41) is 6.03. The number of piperazine rings is 1. The molecule has 160 valence electrons. The van der Waals surface area contributed by atoms with E-state index < -0.39 is 0 Å². The van der Waals surface area contributed by atoms with Crippen LogP contribution in [-0.2, 0) is 11.2 Å². The predicted octanol–water partition coefficient (Wildman–Crippen LogP) is 3.15. The van der Waals surface area contributed by atoms with Crippen molar-refractivity contribution in [1.82, 2.24) is 15.1 Å². The monoisotopic (exact) mass is 448 g/mol. The van der Waals surface area contributed by atoms with Gasteiger partial charge < -0.3 is 20.4 Å². The number of likely N-dealkylation sites (N-methyl/N-ethyl adjacent to an activating group) is 1. The van der Waals surface area contributed by atoms with Gasteiger partial charge in [0, 0.05) is 44.0 Å². The summed E-state index contributed by atoms with van der Waals surface area (Å²) in [4.78, 5) is 29.1. The van der Waals surface area contributed by atoms with Crippen LogP contribution in [0.15, 0.2) is 42.5 Å². The van der Waals surface area contributed by atoms with E-state index in [-0.39, 0.29) is 18.4 Å². The number of nitrogens with zero attached hydrogens (tertiary/aromatic N) is 2. The van der Waals surface area contributed by atoms with Crippen molar-refractivity contribution in [2.24, 2.45) is 0 Å². The van der Waals surface area contributed by atoms with Gasteiger partial charge in [0.1, 0.15) is 0 Å². The lowest BCUT2D eigenvalue weighted by atomic mass is 10.1. The van der Waals surface area contributed by atoms with Gasteiger partial charge in [0.15, 0.2) is 0 Å². The molecule has 3 rings (SSSR count). The second kappa shape index (κ2) is 10.8. The molecular weight excluding hydrogens is 423 g/mol. The van der Waals surface area contributed by atoms with Gasteiger partial charge in [0.05, 0.1) is 16.6 Å². The number of nitrogens with one attached hydrogen (secondary N) is 2. The number of rotatable bonds is 7. The lowest BCUT2D eigenvalue weighted by Crippen LogP contribution is -2.45. The summed E-state index contributed by atoms with van der Waals surface area (Å²) in [5.41, 5.74) is 2.29. The molecule has 1 heterocycles. The second-order valence-electron chi connectivity index (χ2n) is 7.45. The number of halogens is 2. The molecule has 2 amide bonds. The van der Waals surface area contributed by atoms with Crippen molar-refractivity contribution in [3.63, 3.8) is 0 Å². The largest absolute Gasteiger partial charge is 0.343 e. The molecule has 0 aromatic heterocycles. The molecule has 1 fully saturated rings. The van der Waals surface area contributed by atoms with E-state index in [1.165, 1.54) is 11.6 Å². The number of hydrogen-bond donors (Lipinski definition) is 2. The molecule has 2 N–H and O–H groups in total. The molecule has 0 atom stereocenters. The molecule has 2 aromatic rings. The quantitative estimate of drug-likeness (QED) is 0.682. The maximum absolute atomic E-state index is 12.1. The Morgan fingerprint density at radius 1 is 0.967 bits per heavy atom. The highest BCUT2D eigenvalue weighted by molar-refractivity contribution is 6.42. The first-order valence-electron chi connectivity index (χ1n) is 9.93. The summed E-state index contributed by atoms with van der Waals surface area (Å²) in [6.07, 6.45) is 0.984. The molecule has 1 aliphatic heterocycles. The molecule has 2 aromatic carbocycles. The summed E-state index contributed by atoms with van der Waals surface area (Å²) in [6.45, 7) is 5.36. The van der Waals surface area contributed by atoms with Gasteiger partial charge in [0.25, 0.3) is 5.91 Å². The van der Waals surface area contributed by atoms with Crippen LogP contribution in [0, 0.1) is 0 Å². The topological polar surface area (TPSA) is 64.7 Å². The van der Waals surface area contributed by atoms with Gasteiger partial charge in [-0.1, -0.05) is 35.3 Å². The molecule has 8 heteroatoms. The van der Waals surface area contributed by atoms with Crippen LogP contribution >= 0.6 is 23.2 Å². The smallest absolute Gasteiger partial charge is 0.251 e. The SMILES string of the molecule is CN1CCN(CCc2ccc(NC(=O)CNC(=O)c3ccc(Cl)c(Cl)c3)cc2)CC1. The molecule has 0 saturated carbocycles. The Morgan fingerprint density at radius 2 is 1.67 bits per heavy atom. The van der Waals surface area contributed by atoms with Gasteiger partial charge in [0.2, 0.25) is 5.91 Å². The summed E-state index contributed by atoms with van der Waals surface area (Å²) in [6, 6.07) is 12.4. The fourth-order valence-corrected chi connectivity index (χ4v) is 3.52.